The van der Waals surface area contributed by atoms with Crippen LogP contribution in [0.4, 0.5) is 11.4 Å². The molecule has 2 amide bonds. The number of carbonyl (C=O) groups is 2. The van der Waals surface area contributed by atoms with Crippen molar-refractivity contribution in [3.8, 4) is 0 Å². The minimum absolute atomic E-state index is 0.0614. The van der Waals surface area contributed by atoms with E-state index >= 15 is 0 Å². The van der Waals surface area contributed by atoms with Crippen molar-refractivity contribution in [2.75, 3.05) is 32.1 Å². The highest BCUT2D eigenvalue weighted by Gasteiger charge is 2.16. The zero-order chi connectivity index (χ0) is 22.1. The fourth-order valence-electron chi connectivity index (χ4n) is 2.73. The Bertz CT molecular complexity index is 956. The van der Waals surface area contributed by atoms with Crippen molar-refractivity contribution in [2.45, 2.75) is 13.8 Å². The predicted octanol–water partition coefficient (Wildman–Crippen LogP) is 3.34. The molecule has 30 heavy (non-hydrogen) atoms. The van der Waals surface area contributed by atoms with Crippen LogP contribution in [0.25, 0.3) is 6.08 Å². The number of anilines is 1. The van der Waals surface area contributed by atoms with Gasteiger partial charge in [0.1, 0.15) is 6.54 Å². The lowest BCUT2D eigenvalue weighted by molar-refractivity contribution is -0.384. The number of hydrogen-bond acceptors (Lipinski definition) is 5. The molecule has 0 unspecified atom stereocenters. The number of nitrogens with one attached hydrogen (secondary N) is 1. The van der Waals surface area contributed by atoms with E-state index in [9.17, 15) is 19.7 Å². The molecular formula is C22H25N3O5. The zero-order valence-corrected chi connectivity index (χ0v) is 17.3. The number of non-ortho nitro benzene ring substituents is 1. The first-order chi connectivity index (χ1) is 14.3. The molecule has 0 heterocycles. The number of amides is 2. The first-order valence-corrected chi connectivity index (χ1v) is 9.38. The molecule has 2 aromatic rings. The van der Waals surface area contributed by atoms with Gasteiger partial charge in [-0.15, -0.1) is 0 Å². The Balaban J connectivity index is 2.09. The topological polar surface area (TPSA) is 102 Å². The van der Waals surface area contributed by atoms with Gasteiger partial charge in [-0.25, -0.2) is 0 Å². The molecule has 8 nitrogen and oxygen atoms in total. The van der Waals surface area contributed by atoms with E-state index in [-0.39, 0.29) is 31.3 Å². The van der Waals surface area contributed by atoms with Gasteiger partial charge in [0, 0.05) is 37.6 Å². The smallest absolute Gasteiger partial charge is 0.270 e. The van der Waals surface area contributed by atoms with Gasteiger partial charge >= 0.3 is 0 Å². The van der Waals surface area contributed by atoms with Crippen LogP contribution in [0.1, 0.15) is 16.7 Å². The number of aryl methyl sites for hydroxylation is 1. The van der Waals surface area contributed by atoms with Crippen molar-refractivity contribution in [3.05, 3.63) is 75.3 Å². The van der Waals surface area contributed by atoms with Crippen LogP contribution >= 0.6 is 0 Å². The van der Waals surface area contributed by atoms with E-state index in [1.54, 1.807) is 12.1 Å². The third-order valence-electron chi connectivity index (χ3n) is 4.59. The molecule has 158 valence electrons. The fraction of sp³-hybridized carbons (Fsp3) is 0.273. The molecule has 0 bridgehead atoms. The molecule has 0 aliphatic rings. The van der Waals surface area contributed by atoms with Crippen molar-refractivity contribution < 1.29 is 19.2 Å². The van der Waals surface area contributed by atoms with Crippen molar-refractivity contribution in [1.82, 2.24) is 4.90 Å². The quantitative estimate of drug-likeness (QED) is 0.387. The standard InChI is InChI=1S/C22H25N3O5/c1-16-6-4-9-20(17(16)2)23-21(26)15-24(12-13-30-3)22(27)11-10-18-7-5-8-19(14-18)25(28)29/h4-11,14H,12-13,15H2,1-3H3,(H,23,26)/b11-10+. The summed E-state index contributed by atoms with van der Waals surface area (Å²) >= 11 is 0. The molecule has 0 fully saturated rings. The Labute approximate surface area is 175 Å². The normalized spacial score (nSPS) is 10.8. The second-order valence-corrected chi connectivity index (χ2v) is 6.73. The maximum Gasteiger partial charge on any atom is 0.270 e. The summed E-state index contributed by atoms with van der Waals surface area (Å²) in [5.41, 5.74) is 3.18. The van der Waals surface area contributed by atoms with Crippen molar-refractivity contribution in [3.63, 3.8) is 0 Å². The average Bonchev–Trinajstić information content (AvgIpc) is 2.72. The minimum atomic E-state index is -0.498. The van der Waals surface area contributed by atoms with Gasteiger partial charge < -0.3 is 15.0 Å². The Morgan fingerprint density at radius 2 is 1.93 bits per heavy atom. The van der Waals surface area contributed by atoms with Crippen LogP contribution in [0.3, 0.4) is 0 Å². The summed E-state index contributed by atoms with van der Waals surface area (Å²) in [4.78, 5) is 36.9. The molecule has 0 spiro atoms. The Morgan fingerprint density at radius 3 is 2.63 bits per heavy atom. The summed E-state index contributed by atoms with van der Waals surface area (Å²) in [7, 11) is 1.51. The van der Waals surface area contributed by atoms with Crippen molar-refractivity contribution in [1.29, 1.82) is 0 Å². The fourth-order valence-corrected chi connectivity index (χ4v) is 2.73. The summed E-state index contributed by atoms with van der Waals surface area (Å²) in [6.45, 7) is 4.23. The van der Waals surface area contributed by atoms with Crippen molar-refractivity contribution in [2.24, 2.45) is 0 Å². The van der Waals surface area contributed by atoms with E-state index in [4.69, 9.17) is 4.74 Å². The summed E-state index contributed by atoms with van der Waals surface area (Å²) < 4.78 is 5.04. The Kier molecular flexibility index (Phi) is 8.25. The molecule has 0 radical (unpaired) electrons. The number of nitro benzene ring substituents is 1. The summed E-state index contributed by atoms with van der Waals surface area (Å²) in [5, 5.41) is 13.7. The zero-order valence-electron chi connectivity index (χ0n) is 17.3. The molecule has 0 atom stereocenters. The molecule has 0 saturated carbocycles. The molecule has 2 rings (SSSR count). The van der Waals surface area contributed by atoms with Crippen LogP contribution in [-0.4, -0.2) is 48.4 Å². The highest BCUT2D eigenvalue weighted by Crippen LogP contribution is 2.18. The van der Waals surface area contributed by atoms with E-state index in [1.165, 1.54) is 36.3 Å². The molecule has 2 aromatic carbocycles. The minimum Gasteiger partial charge on any atom is -0.383 e. The molecular weight excluding hydrogens is 386 g/mol. The number of benzene rings is 2. The van der Waals surface area contributed by atoms with E-state index < -0.39 is 10.8 Å². The third-order valence-corrected chi connectivity index (χ3v) is 4.59. The van der Waals surface area contributed by atoms with E-state index in [0.717, 1.165) is 11.1 Å². The third kappa shape index (κ3) is 6.52. The maximum absolute atomic E-state index is 12.6. The van der Waals surface area contributed by atoms with Gasteiger partial charge in [-0.2, -0.15) is 0 Å². The summed E-state index contributed by atoms with van der Waals surface area (Å²) in [6, 6.07) is 11.6. The molecule has 0 saturated heterocycles. The van der Waals surface area contributed by atoms with Gasteiger partial charge in [0.25, 0.3) is 5.69 Å². The second-order valence-electron chi connectivity index (χ2n) is 6.73. The van der Waals surface area contributed by atoms with Gasteiger partial charge in [-0.1, -0.05) is 24.3 Å². The average molecular weight is 411 g/mol. The lowest BCUT2D eigenvalue weighted by Gasteiger charge is -2.21. The molecule has 1 N–H and O–H groups in total. The lowest BCUT2D eigenvalue weighted by atomic mass is 10.1. The molecule has 8 heteroatoms. The van der Waals surface area contributed by atoms with E-state index in [1.807, 2.05) is 32.0 Å². The number of nitrogens with zero attached hydrogens (tertiary/aromatic N) is 2. The number of rotatable bonds is 9. The van der Waals surface area contributed by atoms with Crippen LogP contribution in [0.15, 0.2) is 48.5 Å². The second kappa shape index (κ2) is 10.9. The Morgan fingerprint density at radius 1 is 1.20 bits per heavy atom. The van der Waals surface area contributed by atoms with E-state index in [2.05, 4.69) is 5.32 Å². The van der Waals surface area contributed by atoms with Gasteiger partial charge in [0.2, 0.25) is 11.8 Å². The van der Waals surface area contributed by atoms with Crippen LogP contribution in [0.5, 0.6) is 0 Å². The number of hydrogen-bond donors (Lipinski definition) is 1. The van der Waals surface area contributed by atoms with Crippen molar-refractivity contribution >= 4 is 29.3 Å². The van der Waals surface area contributed by atoms with Crippen LogP contribution < -0.4 is 5.32 Å². The summed E-state index contributed by atoms with van der Waals surface area (Å²) in [5.74, 6) is -0.716. The van der Waals surface area contributed by atoms with E-state index in [0.29, 0.717) is 11.3 Å². The molecule has 0 aliphatic heterocycles. The first-order valence-electron chi connectivity index (χ1n) is 9.38. The molecule has 0 aromatic heterocycles. The first kappa shape index (κ1) is 22.8. The largest absolute Gasteiger partial charge is 0.383 e. The predicted molar refractivity (Wildman–Crippen MR) is 115 cm³/mol. The van der Waals surface area contributed by atoms with Gasteiger partial charge in [-0.3, -0.25) is 19.7 Å². The number of nitro groups is 1. The molecule has 0 aliphatic carbocycles. The van der Waals surface area contributed by atoms with Gasteiger partial charge in [-0.05, 0) is 42.7 Å². The van der Waals surface area contributed by atoms with Gasteiger partial charge in [0.15, 0.2) is 0 Å². The van der Waals surface area contributed by atoms with Crippen LogP contribution in [-0.2, 0) is 14.3 Å². The SMILES string of the molecule is COCCN(CC(=O)Nc1cccc(C)c1C)C(=O)/C=C/c1cccc([N+](=O)[O-])c1. The van der Waals surface area contributed by atoms with Crippen LogP contribution in [0.2, 0.25) is 0 Å². The highest BCUT2D eigenvalue weighted by atomic mass is 16.6. The summed E-state index contributed by atoms with van der Waals surface area (Å²) in [6.07, 6.45) is 2.78. The highest BCUT2D eigenvalue weighted by molar-refractivity contribution is 5.98. The van der Waals surface area contributed by atoms with Crippen LogP contribution in [0, 0.1) is 24.0 Å². The maximum atomic E-state index is 12.6. The monoisotopic (exact) mass is 411 g/mol. The number of methoxy groups -OCH3 is 1. The number of ether oxygens (including phenoxy) is 1. The van der Waals surface area contributed by atoms with Gasteiger partial charge in [0.05, 0.1) is 11.5 Å². The number of carbonyl (C=O) groups excluding carboxylic acids is 2. The lowest BCUT2D eigenvalue weighted by Crippen LogP contribution is -2.39. The Hall–Kier alpha value is -3.52.